The Bertz CT molecular complexity index is 1360. The number of amides is 1. The van der Waals surface area contributed by atoms with E-state index in [0.29, 0.717) is 13.0 Å². The van der Waals surface area contributed by atoms with E-state index in [2.05, 4.69) is 66.0 Å². The Morgan fingerprint density at radius 1 is 1.00 bits per heavy atom. The van der Waals surface area contributed by atoms with E-state index in [1.165, 1.54) is 12.1 Å². The Balaban J connectivity index is 1.58. The fourth-order valence-electron chi connectivity index (χ4n) is 5.47. The highest BCUT2D eigenvalue weighted by atomic mass is 19.1. The molecule has 212 valence electrons. The van der Waals surface area contributed by atoms with E-state index < -0.39 is 0 Å². The van der Waals surface area contributed by atoms with Gasteiger partial charge in [0.1, 0.15) is 11.6 Å². The predicted octanol–water partition coefficient (Wildman–Crippen LogP) is 6.99. The summed E-state index contributed by atoms with van der Waals surface area (Å²) in [6.45, 7) is 10.3. The molecule has 3 aromatic carbocycles. The van der Waals surface area contributed by atoms with Crippen LogP contribution >= 0.6 is 0 Å². The lowest BCUT2D eigenvalue weighted by Gasteiger charge is -2.21. The fourth-order valence-corrected chi connectivity index (χ4v) is 5.47. The Morgan fingerprint density at radius 2 is 1.70 bits per heavy atom. The molecule has 0 aliphatic heterocycles. The van der Waals surface area contributed by atoms with E-state index in [4.69, 9.17) is 4.74 Å². The minimum absolute atomic E-state index is 0.0108. The topological polar surface area (TPSA) is 46.5 Å². The molecule has 0 bridgehead atoms. The monoisotopic (exact) mass is 543 g/mol. The molecule has 1 aromatic heterocycles. The minimum atomic E-state index is -0.282. The van der Waals surface area contributed by atoms with Gasteiger partial charge in [0.25, 0.3) is 0 Å². The van der Waals surface area contributed by atoms with Gasteiger partial charge >= 0.3 is 0 Å². The van der Waals surface area contributed by atoms with Gasteiger partial charge in [-0.2, -0.15) is 0 Å². The first-order valence-electron chi connectivity index (χ1n) is 14.4. The first kappa shape index (κ1) is 29.3. The zero-order valence-corrected chi connectivity index (χ0v) is 24.2. The summed E-state index contributed by atoms with van der Waals surface area (Å²) < 4.78 is 21.4. The second-order valence-corrected chi connectivity index (χ2v) is 10.5. The number of nitrogens with one attached hydrogen (secondary N) is 1. The van der Waals surface area contributed by atoms with Gasteiger partial charge in [0.2, 0.25) is 5.91 Å². The average Bonchev–Trinajstić information content (AvgIpc) is 3.33. The molecule has 6 heteroatoms. The zero-order valence-electron chi connectivity index (χ0n) is 24.2. The second kappa shape index (κ2) is 14.1. The molecule has 2 atom stereocenters. The van der Waals surface area contributed by atoms with Crippen molar-refractivity contribution in [3.8, 4) is 5.75 Å². The first-order valence-corrected chi connectivity index (χ1v) is 14.4. The van der Waals surface area contributed by atoms with Crippen LogP contribution in [0.25, 0.3) is 10.9 Å². The molecule has 1 amide bonds. The summed E-state index contributed by atoms with van der Waals surface area (Å²) in [6.07, 6.45) is 4.43. The third kappa shape index (κ3) is 7.51. The summed E-state index contributed by atoms with van der Waals surface area (Å²) in [7, 11) is 1.67. The number of benzene rings is 3. The number of nitrogens with zero attached hydrogens (tertiary/aromatic N) is 2. The summed E-state index contributed by atoms with van der Waals surface area (Å²) in [4.78, 5) is 15.8. The molecule has 4 aromatic rings. The standard InChI is InChI=1S/C34H42FN3O2/c1-5-37(6-2)21-9-10-25(3)36-34(39)22-31(27-15-17-28(35)18-16-27)32-24-38(33-12-8-7-11-30(32)33)23-26-13-19-29(40-4)20-14-26/h7-8,11-20,24-25,31H,5-6,9-10,21-23H2,1-4H3,(H,36,39)/t25-,31-/m1/s1. The third-order valence-electron chi connectivity index (χ3n) is 7.78. The van der Waals surface area contributed by atoms with E-state index in [-0.39, 0.29) is 23.7 Å². The highest BCUT2D eigenvalue weighted by Gasteiger charge is 2.24. The molecule has 1 N–H and O–H groups in total. The number of carbonyl (C=O) groups is 1. The zero-order chi connectivity index (χ0) is 28.5. The van der Waals surface area contributed by atoms with E-state index in [1.54, 1.807) is 19.2 Å². The molecule has 0 saturated heterocycles. The molecule has 0 unspecified atom stereocenters. The number of aromatic nitrogens is 1. The van der Waals surface area contributed by atoms with Crippen LogP contribution in [-0.2, 0) is 11.3 Å². The van der Waals surface area contributed by atoms with Crippen molar-refractivity contribution in [3.63, 3.8) is 0 Å². The lowest BCUT2D eigenvalue weighted by molar-refractivity contribution is -0.121. The quantitative estimate of drug-likeness (QED) is 0.187. The van der Waals surface area contributed by atoms with Gasteiger partial charge in [-0.1, -0.05) is 56.3 Å². The molecular formula is C34H42FN3O2. The second-order valence-electron chi connectivity index (χ2n) is 10.5. The molecular weight excluding hydrogens is 501 g/mol. The normalized spacial score (nSPS) is 12.9. The summed E-state index contributed by atoms with van der Waals surface area (Å²) in [5.74, 6) is 0.351. The van der Waals surface area contributed by atoms with Gasteiger partial charge in [-0.3, -0.25) is 4.79 Å². The lowest BCUT2D eigenvalue weighted by atomic mass is 9.88. The summed E-state index contributed by atoms with van der Waals surface area (Å²) in [5.41, 5.74) is 4.26. The molecule has 4 rings (SSSR count). The van der Waals surface area contributed by atoms with Crippen molar-refractivity contribution < 1.29 is 13.9 Å². The maximum Gasteiger partial charge on any atom is 0.221 e. The number of methoxy groups -OCH3 is 1. The minimum Gasteiger partial charge on any atom is -0.497 e. The van der Waals surface area contributed by atoms with Gasteiger partial charge in [-0.25, -0.2) is 4.39 Å². The highest BCUT2D eigenvalue weighted by Crippen LogP contribution is 2.35. The summed E-state index contributed by atoms with van der Waals surface area (Å²) >= 11 is 0. The van der Waals surface area contributed by atoms with Crippen LogP contribution in [0.15, 0.2) is 79.0 Å². The maximum atomic E-state index is 13.9. The van der Waals surface area contributed by atoms with Crippen molar-refractivity contribution in [3.05, 3.63) is 102 Å². The Kier molecular flexibility index (Phi) is 10.4. The lowest BCUT2D eigenvalue weighted by Crippen LogP contribution is -2.34. The van der Waals surface area contributed by atoms with Crippen LogP contribution in [0.2, 0.25) is 0 Å². The molecule has 0 aliphatic carbocycles. The number of hydrogen-bond acceptors (Lipinski definition) is 3. The average molecular weight is 544 g/mol. The van der Waals surface area contributed by atoms with Crippen LogP contribution in [0.3, 0.4) is 0 Å². The van der Waals surface area contributed by atoms with Gasteiger partial charge in [0.15, 0.2) is 0 Å². The van der Waals surface area contributed by atoms with E-state index in [9.17, 15) is 9.18 Å². The Hall–Kier alpha value is -3.64. The predicted molar refractivity (Wildman–Crippen MR) is 162 cm³/mol. The van der Waals surface area contributed by atoms with Crippen LogP contribution in [0.4, 0.5) is 4.39 Å². The highest BCUT2D eigenvalue weighted by molar-refractivity contribution is 5.87. The fraction of sp³-hybridized carbons (Fsp3) is 0.382. The molecule has 1 heterocycles. The summed E-state index contributed by atoms with van der Waals surface area (Å²) in [5, 5.41) is 4.33. The van der Waals surface area contributed by atoms with Crippen molar-refractivity contribution in [1.82, 2.24) is 14.8 Å². The number of rotatable bonds is 14. The molecule has 0 saturated carbocycles. The van der Waals surface area contributed by atoms with Crippen LogP contribution in [-0.4, -0.2) is 48.2 Å². The van der Waals surface area contributed by atoms with Gasteiger partial charge in [-0.15, -0.1) is 0 Å². The third-order valence-corrected chi connectivity index (χ3v) is 7.78. The number of hydrogen-bond donors (Lipinski definition) is 1. The number of fused-ring (bicyclic) bond motifs is 1. The van der Waals surface area contributed by atoms with Crippen molar-refractivity contribution in [1.29, 1.82) is 0 Å². The molecule has 5 nitrogen and oxygen atoms in total. The van der Waals surface area contributed by atoms with E-state index in [0.717, 1.165) is 65.8 Å². The van der Waals surface area contributed by atoms with Crippen LogP contribution in [0.5, 0.6) is 5.75 Å². The number of carbonyl (C=O) groups excluding carboxylic acids is 1. The van der Waals surface area contributed by atoms with Gasteiger partial charge < -0.3 is 19.5 Å². The van der Waals surface area contributed by atoms with Crippen molar-refractivity contribution in [2.24, 2.45) is 0 Å². The Labute approximate surface area is 238 Å². The number of halogens is 1. The molecule has 0 fully saturated rings. The molecule has 0 radical (unpaired) electrons. The molecule has 0 aliphatic rings. The van der Waals surface area contributed by atoms with Gasteiger partial charge in [-0.05, 0) is 86.4 Å². The van der Waals surface area contributed by atoms with E-state index >= 15 is 0 Å². The van der Waals surface area contributed by atoms with Crippen LogP contribution < -0.4 is 10.1 Å². The van der Waals surface area contributed by atoms with Crippen molar-refractivity contribution in [2.75, 3.05) is 26.7 Å². The van der Waals surface area contributed by atoms with Crippen molar-refractivity contribution in [2.45, 2.75) is 58.5 Å². The van der Waals surface area contributed by atoms with Gasteiger partial charge in [0, 0.05) is 42.0 Å². The van der Waals surface area contributed by atoms with Gasteiger partial charge in [0.05, 0.1) is 7.11 Å². The number of para-hydroxylation sites is 1. The van der Waals surface area contributed by atoms with Crippen molar-refractivity contribution >= 4 is 16.8 Å². The molecule has 0 spiro atoms. The largest absolute Gasteiger partial charge is 0.497 e. The SMILES string of the molecule is CCN(CC)CCC[C@@H](C)NC(=O)C[C@H](c1ccc(F)cc1)c1cn(Cc2ccc(OC)cc2)c2ccccc12. The number of ether oxygens (including phenoxy) is 1. The smallest absolute Gasteiger partial charge is 0.221 e. The van der Waals surface area contributed by atoms with Crippen LogP contribution in [0, 0.1) is 5.82 Å². The molecule has 40 heavy (non-hydrogen) atoms. The summed E-state index contributed by atoms with van der Waals surface area (Å²) in [6, 6.07) is 23.0. The van der Waals surface area contributed by atoms with E-state index in [1.807, 2.05) is 24.3 Å². The maximum absolute atomic E-state index is 13.9. The first-order chi connectivity index (χ1) is 19.4. The van der Waals surface area contributed by atoms with Crippen LogP contribution in [0.1, 0.15) is 62.6 Å². The Morgan fingerprint density at radius 3 is 2.38 bits per heavy atom.